The molecule has 0 aromatic carbocycles. The summed E-state index contributed by atoms with van der Waals surface area (Å²) in [5, 5.41) is 4.05. The van der Waals surface area contributed by atoms with Crippen LogP contribution in [0.15, 0.2) is 10.8 Å². The van der Waals surface area contributed by atoms with Gasteiger partial charge in [-0.25, -0.2) is 0 Å². The van der Waals surface area contributed by atoms with Crippen LogP contribution in [0.4, 0.5) is 0 Å². The topological polar surface area (TPSA) is 85.1 Å². The first-order chi connectivity index (χ1) is 13.6. The summed E-state index contributed by atoms with van der Waals surface area (Å²) in [4.78, 5) is 29.1. The lowest BCUT2D eigenvalue weighted by molar-refractivity contribution is -0.130. The number of aromatic nitrogens is 1. The van der Waals surface area contributed by atoms with E-state index in [0.29, 0.717) is 43.5 Å². The Morgan fingerprint density at radius 2 is 2.07 bits per heavy atom. The minimum absolute atomic E-state index is 0.0257. The average molecular weight is 389 g/mol. The molecule has 1 spiro atoms. The second kappa shape index (κ2) is 6.84. The molecule has 1 aromatic heterocycles. The van der Waals surface area contributed by atoms with E-state index in [1.165, 1.54) is 6.26 Å². The van der Waals surface area contributed by atoms with Gasteiger partial charge < -0.3 is 23.8 Å². The zero-order valence-electron chi connectivity index (χ0n) is 16.3. The van der Waals surface area contributed by atoms with Crippen molar-refractivity contribution >= 4 is 11.8 Å². The maximum atomic E-state index is 13.1. The molecule has 5 heterocycles. The molecule has 28 heavy (non-hydrogen) atoms. The number of rotatable bonds is 2. The highest BCUT2D eigenvalue weighted by Crippen LogP contribution is 2.50. The van der Waals surface area contributed by atoms with E-state index < -0.39 is 0 Å². The van der Waals surface area contributed by atoms with E-state index in [1.807, 2.05) is 9.80 Å². The molecule has 4 saturated heterocycles. The Morgan fingerprint density at radius 1 is 1.25 bits per heavy atom. The van der Waals surface area contributed by atoms with Crippen molar-refractivity contribution in [2.24, 2.45) is 11.3 Å². The SMILES string of the molecule is CC(=O)N1CC2(CCN(C(=O)c3conc3C3CCCO3)CC2)[C@@H]2COC[C@@H]21. The number of hydrogen-bond donors (Lipinski definition) is 0. The predicted molar refractivity (Wildman–Crippen MR) is 97.5 cm³/mol. The standard InChI is InChI=1S/C20H27N3O5/c1-13(24)23-12-20(15-10-26-11-16(15)23)4-6-22(7-5-20)19(25)14-9-28-21-18(14)17-3-2-8-27-17/h9,15-17H,2-8,10-12H2,1H3/t15-,16+,17?/m1/s1. The number of piperidine rings is 1. The molecule has 0 radical (unpaired) electrons. The molecular weight excluding hydrogens is 362 g/mol. The van der Waals surface area contributed by atoms with E-state index in [-0.39, 0.29) is 29.4 Å². The van der Waals surface area contributed by atoms with E-state index in [0.717, 1.165) is 38.8 Å². The van der Waals surface area contributed by atoms with Gasteiger partial charge in [0.15, 0.2) is 0 Å². The van der Waals surface area contributed by atoms with E-state index >= 15 is 0 Å². The summed E-state index contributed by atoms with van der Waals surface area (Å²) < 4.78 is 16.5. The molecule has 8 nitrogen and oxygen atoms in total. The highest BCUT2D eigenvalue weighted by atomic mass is 16.5. The van der Waals surface area contributed by atoms with Gasteiger partial charge in [-0.2, -0.15) is 0 Å². The number of fused-ring (bicyclic) bond motifs is 2. The quantitative estimate of drug-likeness (QED) is 0.764. The summed E-state index contributed by atoms with van der Waals surface area (Å²) in [6, 6.07) is 0.198. The van der Waals surface area contributed by atoms with Gasteiger partial charge in [0.1, 0.15) is 23.6 Å². The number of amides is 2. The van der Waals surface area contributed by atoms with Gasteiger partial charge in [0.2, 0.25) is 5.91 Å². The molecule has 0 bridgehead atoms. The highest BCUT2D eigenvalue weighted by molar-refractivity contribution is 5.95. The normalized spacial score (nSPS) is 31.5. The van der Waals surface area contributed by atoms with Crippen molar-refractivity contribution in [3.8, 4) is 0 Å². The molecule has 1 unspecified atom stereocenters. The van der Waals surface area contributed by atoms with Crippen LogP contribution in [0.2, 0.25) is 0 Å². The number of carbonyl (C=O) groups is 2. The Morgan fingerprint density at radius 3 is 2.79 bits per heavy atom. The lowest BCUT2D eigenvalue weighted by atomic mass is 9.70. The average Bonchev–Trinajstić information content (AvgIpc) is 3.47. The first kappa shape index (κ1) is 18.1. The summed E-state index contributed by atoms with van der Waals surface area (Å²) in [5.41, 5.74) is 1.23. The van der Waals surface area contributed by atoms with E-state index in [2.05, 4.69) is 5.16 Å². The third-order valence-electron chi connectivity index (χ3n) is 7.24. The van der Waals surface area contributed by atoms with Gasteiger partial charge in [-0.1, -0.05) is 5.16 Å². The van der Waals surface area contributed by atoms with Crippen molar-refractivity contribution in [3.05, 3.63) is 17.5 Å². The fraction of sp³-hybridized carbons (Fsp3) is 0.750. The second-order valence-electron chi connectivity index (χ2n) is 8.63. The first-order valence-corrected chi connectivity index (χ1v) is 10.3. The van der Waals surface area contributed by atoms with Gasteiger partial charge in [0.25, 0.3) is 5.91 Å². The molecule has 4 fully saturated rings. The Bertz CT molecular complexity index is 764. The molecule has 8 heteroatoms. The fourth-order valence-corrected chi connectivity index (χ4v) is 5.64. The molecule has 0 aliphatic carbocycles. The summed E-state index contributed by atoms with van der Waals surface area (Å²) in [6.07, 6.45) is 4.97. The monoisotopic (exact) mass is 389 g/mol. The molecule has 5 rings (SSSR count). The zero-order chi connectivity index (χ0) is 19.3. The summed E-state index contributed by atoms with van der Waals surface area (Å²) in [5.74, 6) is 0.482. The van der Waals surface area contributed by atoms with E-state index in [4.69, 9.17) is 14.0 Å². The minimum Gasteiger partial charge on any atom is -0.379 e. The number of likely N-dealkylation sites (tertiary alicyclic amines) is 2. The van der Waals surface area contributed by atoms with Crippen LogP contribution in [0.3, 0.4) is 0 Å². The summed E-state index contributed by atoms with van der Waals surface area (Å²) >= 11 is 0. The van der Waals surface area contributed by atoms with Crippen molar-refractivity contribution in [1.82, 2.24) is 15.0 Å². The van der Waals surface area contributed by atoms with Crippen LogP contribution >= 0.6 is 0 Å². The predicted octanol–water partition coefficient (Wildman–Crippen LogP) is 1.63. The molecule has 4 aliphatic rings. The van der Waals surface area contributed by atoms with Crippen LogP contribution in [0.5, 0.6) is 0 Å². The highest BCUT2D eigenvalue weighted by Gasteiger charge is 2.56. The van der Waals surface area contributed by atoms with Crippen molar-refractivity contribution in [1.29, 1.82) is 0 Å². The van der Waals surface area contributed by atoms with Crippen LogP contribution in [-0.4, -0.2) is 72.3 Å². The van der Waals surface area contributed by atoms with Crippen LogP contribution in [-0.2, 0) is 14.3 Å². The molecule has 3 atom stereocenters. The number of hydrogen-bond acceptors (Lipinski definition) is 6. The maximum absolute atomic E-state index is 13.1. The van der Waals surface area contributed by atoms with Crippen LogP contribution < -0.4 is 0 Å². The largest absolute Gasteiger partial charge is 0.379 e. The molecule has 1 aromatic rings. The van der Waals surface area contributed by atoms with Gasteiger partial charge in [-0.3, -0.25) is 9.59 Å². The maximum Gasteiger partial charge on any atom is 0.259 e. The Labute approximate surface area is 164 Å². The van der Waals surface area contributed by atoms with Crippen LogP contribution in [0.25, 0.3) is 0 Å². The third-order valence-corrected chi connectivity index (χ3v) is 7.24. The molecule has 2 amide bonds. The van der Waals surface area contributed by atoms with Gasteiger partial charge >= 0.3 is 0 Å². The fourth-order valence-electron chi connectivity index (χ4n) is 5.64. The number of nitrogens with zero attached hydrogens (tertiary/aromatic N) is 3. The minimum atomic E-state index is -0.135. The second-order valence-corrected chi connectivity index (χ2v) is 8.63. The summed E-state index contributed by atoms with van der Waals surface area (Å²) in [7, 11) is 0. The molecule has 0 N–H and O–H groups in total. The van der Waals surface area contributed by atoms with E-state index in [9.17, 15) is 9.59 Å². The Kier molecular flexibility index (Phi) is 4.43. The van der Waals surface area contributed by atoms with Crippen molar-refractivity contribution in [2.75, 3.05) is 39.5 Å². The van der Waals surface area contributed by atoms with Crippen molar-refractivity contribution in [3.63, 3.8) is 0 Å². The summed E-state index contributed by atoms with van der Waals surface area (Å²) in [6.45, 7) is 5.86. The number of carbonyl (C=O) groups excluding carboxylic acids is 2. The van der Waals surface area contributed by atoms with Crippen LogP contribution in [0.1, 0.15) is 54.8 Å². The molecule has 152 valence electrons. The van der Waals surface area contributed by atoms with Crippen molar-refractivity contribution < 1.29 is 23.6 Å². The lowest BCUT2D eigenvalue weighted by Gasteiger charge is -2.42. The number of ether oxygens (including phenoxy) is 2. The lowest BCUT2D eigenvalue weighted by Crippen LogP contribution is -2.47. The molecule has 0 saturated carbocycles. The van der Waals surface area contributed by atoms with Crippen LogP contribution in [0, 0.1) is 11.3 Å². The Balaban J connectivity index is 1.29. The third kappa shape index (κ3) is 2.76. The van der Waals surface area contributed by atoms with Gasteiger partial charge in [0.05, 0.1) is 19.3 Å². The van der Waals surface area contributed by atoms with Gasteiger partial charge in [-0.15, -0.1) is 0 Å². The molecule has 4 aliphatic heterocycles. The zero-order valence-corrected chi connectivity index (χ0v) is 16.3. The smallest absolute Gasteiger partial charge is 0.259 e. The van der Waals surface area contributed by atoms with E-state index in [1.54, 1.807) is 6.92 Å². The van der Waals surface area contributed by atoms with Crippen molar-refractivity contribution in [2.45, 2.75) is 44.8 Å². The van der Waals surface area contributed by atoms with Gasteiger partial charge in [0, 0.05) is 39.1 Å². The first-order valence-electron chi connectivity index (χ1n) is 10.3. The van der Waals surface area contributed by atoms with Gasteiger partial charge in [-0.05, 0) is 31.1 Å². The Hall–Kier alpha value is -1.93. The molecular formula is C20H27N3O5.